The number of amides is 1. The lowest BCUT2D eigenvalue weighted by Gasteiger charge is -2.19. The number of halogens is 1. The van der Waals surface area contributed by atoms with Crippen LogP contribution < -0.4 is 5.32 Å². The quantitative estimate of drug-likeness (QED) is 0.669. The largest absolute Gasteiger partial charge is 0.468 e. The molecule has 2 heterocycles. The zero-order chi connectivity index (χ0) is 18.4. The lowest BCUT2D eigenvalue weighted by Crippen LogP contribution is -2.36. The zero-order valence-corrected chi connectivity index (χ0v) is 14.6. The van der Waals surface area contributed by atoms with Crippen LogP contribution in [0.4, 0.5) is 4.39 Å². The van der Waals surface area contributed by atoms with Crippen LogP contribution in [0.3, 0.4) is 0 Å². The maximum atomic E-state index is 13.6. The van der Waals surface area contributed by atoms with Gasteiger partial charge in [-0.25, -0.2) is 4.39 Å². The van der Waals surface area contributed by atoms with E-state index in [0.717, 1.165) is 17.1 Å². The highest BCUT2D eigenvalue weighted by molar-refractivity contribution is 5.78. The van der Waals surface area contributed by atoms with Gasteiger partial charge in [0.05, 0.1) is 32.2 Å². The van der Waals surface area contributed by atoms with Crippen LogP contribution in [0.15, 0.2) is 63.8 Å². The van der Waals surface area contributed by atoms with Gasteiger partial charge in [-0.2, -0.15) is 0 Å². The number of hydrogen-bond acceptors (Lipinski definition) is 4. The molecular formula is C20H21FN2O3. The molecule has 1 N–H and O–H groups in total. The topological polar surface area (TPSA) is 58.6 Å². The highest BCUT2D eigenvalue weighted by Crippen LogP contribution is 2.11. The predicted molar refractivity (Wildman–Crippen MR) is 94.5 cm³/mol. The van der Waals surface area contributed by atoms with Gasteiger partial charge in [-0.3, -0.25) is 9.69 Å². The summed E-state index contributed by atoms with van der Waals surface area (Å²) in [4.78, 5) is 14.2. The molecule has 26 heavy (non-hydrogen) atoms. The molecule has 0 spiro atoms. The highest BCUT2D eigenvalue weighted by Gasteiger charge is 2.15. The summed E-state index contributed by atoms with van der Waals surface area (Å²) >= 11 is 0. The lowest BCUT2D eigenvalue weighted by atomic mass is 10.1. The minimum atomic E-state index is -0.269. The number of rotatable bonds is 8. The smallest absolute Gasteiger partial charge is 0.234 e. The SMILES string of the molecule is Cc1ccc(CNC(=O)CN(Cc2ccco2)Cc2ccco2)cc1F. The Morgan fingerprint density at radius 1 is 1.08 bits per heavy atom. The van der Waals surface area contributed by atoms with E-state index in [2.05, 4.69) is 5.32 Å². The Morgan fingerprint density at radius 2 is 1.73 bits per heavy atom. The van der Waals surface area contributed by atoms with Gasteiger partial charge in [-0.15, -0.1) is 0 Å². The van der Waals surface area contributed by atoms with E-state index in [4.69, 9.17) is 8.83 Å². The number of carbonyl (C=O) groups is 1. The van der Waals surface area contributed by atoms with Crippen LogP contribution in [-0.2, 0) is 24.4 Å². The number of nitrogens with one attached hydrogen (secondary N) is 1. The second-order valence-electron chi connectivity index (χ2n) is 6.16. The molecule has 6 heteroatoms. The van der Waals surface area contributed by atoms with Gasteiger partial charge in [0.1, 0.15) is 17.3 Å². The first-order valence-corrected chi connectivity index (χ1v) is 8.39. The summed E-state index contributed by atoms with van der Waals surface area (Å²) in [6, 6.07) is 12.3. The molecule has 0 bridgehead atoms. The number of benzene rings is 1. The van der Waals surface area contributed by atoms with Gasteiger partial charge in [0.25, 0.3) is 0 Å². The van der Waals surface area contributed by atoms with Gasteiger partial charge in [0.15, 0.2) is 0 Å². The van der Waals surface area contributed by atoms with E-state index in [1.807, 2.05) is 35.2 Å². The van der Waals surface area contributed by atoms with Crippen molar-refractivity contribution in [3.05, 3.63) is 83.5 Å². The van der Waals surface area contributed by atoms with Crippen LogP contribution in [0.25, 0.3) is 0 Å². The summed E-state index contributed by atoms with van der Waals surface area (Å²) in [5.74, 6) is 1.12. The standard InChI is InChI=1S/C20H21FN2O3/c1-15-6-7-16(10-19(15)21)11-22-20(24)14-23(12-17-4-2-8-25-17)13-18-5-3-9-26-18/h2-10H,11-14H2,1H3,(H,22,24). The molecule has 3 rings (SSSR count). The average molecular weight is 356 g/mol. The fourth-order valence-corrected chi connectivity index (χ4v) is 2.62. The molecule has 0 saturated heterocycles. The van der Waals surface area contributed by atoms with Crippen molar-refractivity contribution < 1.29 is 18.0 Å². The number of carbonyl (C=O) groups excluding carboxylic acids is 1. The van der Waals surface area contributed by atoms with Crippen LogP contribution in [0.2, 0.25) is 0 Å². The molecule has 1 aromatic carbocycles. The summed E-state index contributed by atoms with van der Waals surface area (Å²) in [6.45, 7) is 3.14. The van der Waals surface area contributed by atoms with Crippen molar-refractivity contribution >= 4 is 5.91 Å². The van der Waals surface area contributed by atoms with E-state index in [0.29, 0.717) is 18.7 Å². The Morgan fingerprint density at radius 3 is 2.27 bits per heavy atom. The molecular weight excluding hydrogens is 335 g/mol. The second-order valence-corrected chi connectivity index (χ2v) is 6.16. The average Bonchev–Trinajstić information content (AvgIpc) is 3.30. The van der Waals surface area contributed by atoms with Crippen molar-refractivity contribution in [2.24, 2.45) is 0 Å². The van der Waals surface area contributed by atoms with Crippen LogP contribution in [-0.4, -0.2) is 17.4 Å². The summed E-state index contributed by atoms with van der Waals surface area (Å²) in [5.41, 5.74) is 1.31. The minimum absolute atomic E-state index is 0.149. The third-order valence-electron chi connectivity index (χ3n) is 4.01. The highest BCUT2D eigenvalue weighted by atomic mass is 19.1. The molecule has 0 saturated carbocycles. The van der Waals surface area contributed by atoms with Gasteiger partial charge in [0, 0.05) is 6.54 Å². The molecule has 3 aromatic rings. The van der Waals surface area contributed by atoms with Gasteiger partial charge >= 0.3 is 0 Å². The fraction of sp³-hybridized carbons (Fsp3) is 0.250. The molecule has 5 nitrogen and oxygen atoms in total. The molecule has 1 amide bonds. The van der Waals surface area contributed by atoms with Gasteiger partial charge in [-0.05, 0) is 48.4 Å². The zero-order valence-electron chi connectivity index (χ0n) is 14.6. The first kappa shape index (κ1) is 17.9. The Hall–Kier alpha value is -2.86. The van der Waals surface area contributed by atoms with Gasteiger partial charge in [-0.1, -0.05) is 12.1 Å². The van der Waals surface area contributed by atoms with Crippen LogP contribution in [0, 0.1) is 12.7 Å². The maximum absolute atomic E-state index is 13.6. The third kappa shape index (κ3) is 5.07. The Balaban J connectivity index is 1.57. The van der Waals surface area contributed by atoms with Crippen LogP contribution >= 0.6 is 0 Å². The maximum Gasteiger partial charge on any atom is 0.234 e. The summed E-state index contributed by atoms with van der Waals surface area (Å²) in [5, 5.41) is 2.83. The van der Waals surface area contributed by atoms with Crippen molar-refractivity contribution in [2.45, 2.75) is 26.6 Å². The molecule has 0 atom stereocenters. The minimum Gasteiger partial charge on any atom is -0.468 e. The molecule has 0 radical (unpaired) electrons. The Labute approximate surface area is 151 Å². The van der Waals surface area contributed by atoms with Crippen molar-refractivity contribution in [2.75, 3.05) is 6.54 Å². The van der Waals surface area contributed by atoms with Gasteiger partial charge < -0.3 is 14.2 Å². The molecule has 0 unspecified atom stereocenters. The first-order valence-electron chi connectivity index (χ1n) is 8.39. The van der Waals surface area contributed by atoms with E-state index in [1.165, 1.54) is 6.07 Å². The number of nitrogens with zero attached hydrogens (tertiary/aromatic N) is 1. The summed E-state index contributed by atoms with van der Waals surface area (Å²) < 4.78 is 24.3. The third-order valence-corrected chi connectivity index (χ3v) is 4.01. The Kier molecular flexibility index (Phi) is 5.86. The molecule has 0 aliphatic carbocycles. The molecule has 2 aromatic heterocycles. The van der Waals surface area contributed by atoms with Crippen molar-refractivity contribution in [3.63, 3.8) is 0 Å². The lowest BCUT2D eigenvalue weighted by molar-refractivity contribution is -0.122. The molecule has 0 fully saturated rings. The monoisotopic (exact) mass is 356 g/mol. The number of hydrogen-bond donors (Lipinski definition) is 1. The van der Waals surface area contributed by atoms with Crippen molar-refractivity contribution in [1.82, 2.24) is 10.2 Å². The van der Waals surface area contributed by atoms with E-state index in [9.17, 15) is 9.18 Å². The van der Waals surface area contributed by atoms with E-state index < -0.39 is 0 Å². The Bertz CT molecular complexity index is 793. The predicted octanol–water partition coefficient (Wildman–Crippen LogP) is 3.64. The van der Waals surface area contributed by atoms with E-state index in [1.54, 1.807) is 25.5 Å². The molecule has 136 valence electrons. The summed E-state index contributed by atoms with van der Waals surface area (Å²) in [7, 11) is 0. The number of furan rings is 2. The van der Waals surface area contributed by atoms with Crippen LogP contribution in [0.1, 0.15) is 22.6 Å². The normalized spacial score (nSPS) is 11.0. The first-order chi connectivity index (χ1) is 12.6. The summed E-state index contributed by atoms with van der Waals surface area (Å²) in [6.07, 6.45) is 3.21. The van der Waals surface area contributed by atoms with Gasteiger partial charge in [0.2, 0.25) is 5.91 Å². The second kappa shape index (κ2) is 8.49. The van der Waals surface area contributed by atoms with E-state index in [-0.39, 0.29) is 24.8 Å². The molecule has 0 aliphatic rings. The van der Waals surface area contributed by atoms with Crippen molar-refractivity contribution in [3.8, 4) is 0 Å². The number of aryl methyl sites for hydroxylation is 1. The van der Waals surface area contributed by atoms with Crippen LogP contribution in [0.5, 0.6) is 0 Å². The van der Waals surface area contributed by atoms with Crippen molar-refractivity contribution in [1.29, 1.82) is 0 Å². The molecule has 0 aliphatic heterocycles. The van der Waals surface area contributed by atoms with E-state index >= 15 is 0 Å². The fourth-order valence-electron chi connectivity index (χ4n) is 2.62.